The van der Waals surface area contributed by atoms with Gasteiger partial charge < -0.3 is 15.1 Å². The van der Waals surface area contributed by atoms with Gasteiger partial charge in [-0.25, -0.2) is 0 Å². The normalized spacial score (nSPS) is 11.4. The van der Waals surface area contributed by atoms with Crippen molar-refractivity contribution in [2.24, 2.45) is 5.92 Å². The second-order valence-electron chi connectivity index (χ2n) is 5.58. The third-order valence-electron chi connectivity index (χ3n) is 2.86. The molecular weight excluding hydrogens is 238 g/mol. The van der Waals surface area contributed by atoms with Gasteiger partial charge in [-0.05, 0) is 47.2 Å². The van der Waals surface area contributed by atoms with Gasteiger partial charge in [-0.2, -0.15) is 0 Å². The van der Waals surface area contributed by atoms with Crippen LogP contribution in [0.5, 0.6) is 0 Å². The fraction of sp³-hybridized carbons (Fsp3) is 0.533. The van der Waals surface area contributed by atoms with Crippen molar-refractivity contribution in [3.63, 3.8) is 0 Å². The molecule has 1 N–H and O–H groups in total. The molecule has 106 valence electrons. The number of anilines is 1. The molecule has 0 aliphatic heterocycles. The van der Waals surface area contributed by atoms with Gasteiger partial charge in [-0.15, -0.1) is 0 Å². The quantitative estimate of drug-likeness (QED) is 0.848. The minimum Gasteiger partial charge on any atom is -0.326 e. The molecule has 0 aliphatic rings. The van der Waals surface area contributed by atoms with Crippen LogP contribution in [0.4, 0.5) is 5.69 Å². The number of hydrogen-bond acceptors (Lipinski definition) is 3. The highest BCUT2D eigenvalue weighted by atomic mass is 16.1. The van der Waals surface area contributed by atoms with Crippen LogP contribution in [0.25, 0.3) is 0 Å². The van der Waals surface area contributed by atoms with Gasteiger partial charge in [-0.1, -0.05) is 17.7 Å². The molecule has 0 fully saturated rings. The van der Waals surface area contributed by atoms with E-state index < -0.39 is 0 Å². The Hall–Kier alpha value is -1.39. The molecule has 0 saturated heterocycles. The first-order chi connectivity index (χ1) is 8.88. The van der Waals surface area contributed by atoms with E-state index in [1.807, 2.05) is 69.2 Å². The van der Waals surface area contributed by atoms with Crippen molar-refractivity contribution in [1.29, 1.82) is 0 Å². The lowest BCUT2D eigenvalue weighted by atomic mass is 10.1. The molecule has 0 saturated carbocycles. The van der Waals surface area contributed by atoms with Gasteiger partial charge in [0.1, 0.15) is 0 Å². The van der Waals surface area contributed by atoms with E-state index in [4.69, 9.17) is 0 Å². The van der Waals surface area contributed by atoms with Crippen molar-refractivity contribution in [3.8, 4) is 0 Å². The highest BCUT2D eigenvalue weighted by Gasteiger charge is 2.20. The minimum absolute atomic E-state index is 0.0358. The van der Waals surface area contributed by atoms with Crippen LogP contribution >= 0.6 is 0 Å². The maximum atomic E-state index is 12.3. The van der Waals surface area contributed by atoms with Crippen LogP contribution in [0.1, 0.15) is 5.56 Å². The number of hydrogen-bond donors (Lipinski definition) is 1. The predicted molar refractivity (Wildman–Crippen MR) is 80.4 cm³/mol. The monoisotopic (exact) mass is 263 g/mol. The number of rotatable bonds is 6. The summed E-state index contributed by atoms with van der Waals surface area (Å²) in [5.41, 5.74) is 2.05. The lowest BCUT2D eigenvalue weighted by Gasteiger charge is -2.23. The van der Waals surface area contributed by atoms with Crippen LogP contribution in [-0.2, 0) is 4.79 Å². The van der Waals surface area contributed by atoms with Crippen LogP contribution < -0.4 is 5.32 Å². The van der Waals surface area contributed by atoms with Crippen LogP contribution in [0, 0.1) is 12.8 Å². The van der Waals surface area contributed by atoms with Crippen molar-refractivity contribution in [2.75, 3.05) is 46.6 Å². The third-order valence-corrected chi connectivity index (χ3v) is 2.86. The Bertz CT molecular complexity index is 388. The Morgan fingerprint density at radius 2 is 1.53 bits per heavy atom. The summed E-state index contributed by atoms with van der Waals surface area (Å²) in [4.78, 5) is 16.4. The first kappa shape index (κ1) is 15.7. The second-order valence-corrected chi connectivity index (χ2v) is 5.58. The van der Waals surface area contributed by atoms with Crippen LogP contribution in [-0.4, -0.2) is 57.0 Å². The SMILES string of the molecule is Cc1ccc(NC(=O)C(CN(C)C)CN(C)C)cc1. The molecule has 0 heterocycles. The molecule has 0 bridgehead atoms. The summed E-state index contributed by atoms with van der Waals surface area (Å²) in [6, 6.07) is 7.89. The Morgan fingerprint density at radius 3 is 1.95 bits per heavy atom. The number of amides is 1. The number of carbonyl (C=O) groups excluding carboxylic acids is 1. The fourth-order valence-electron chi connectivity index (χ4n) is 1.99. The van der Waals surface area contributed by atoms with Gasteiger partial charge in [0.2, 0.25) is 5.91 Å². The van der Waals surface area contributed by atoms with E-state index in [1.54, 1.807) is 0 Å². The molecular formula is C15H25N3O. The summed E-state index contributed by atoms with van der Waals surface area (Å²) in [6.45, 7) is 3.53. The van der Waals surface area contributed by atoms with Gasteiger partial charge >= 0.3 is 0 Å². The van der Waals surface area contributed by atoms with Crippen molar-refractivity contribution >= 4 is 11.6 Å². The fourth-order valence-corrected chi connectivity index (χ4v) is 1.99. The lowest BCUT2D eigenvalue weighted by Crippen LogP contribution is -2.38. The van der Waals surface area contributed by atoms with Gasteiger partial charge in [0.05, 0.1) is 5.92 Å². The zero-order valence-electron chi connectivity index (χ0n) is 12.6. The van der Waals surface area contributed by atoms with E-state index >= 15 is 0 Å². The van der Waals surface area contributed by atoms with Crippen LogP contribution in [0.15, 0.2) is 24.3 Å². The highest BCUT2D eigenvalue weighted by Crippen LogP contribution is 2.11. The van der Waals surface area contributed by atoms with Gasteiger partial charge in [-0.3, -0.25) is 4.79 Å². The largest absolute Gasteiger partial charge is 0.326 e. The Balaban J connectivity index is 2.67. The molecule has 1 aromatic rings. The number of nitrogens with one attached hydrogen (secondary N) is 1. The smallest absolute Gasteiger partial charge is 0.230 e. The highest BCUT2D eigenvalue weighted by molar-refractivity contribution is 5.92. The number of benzene rings is 1. The molecule has 4 heteroatoms. The standard InChI is InChI=1S/C15H25N3O/c1-12-6-8-14(9-7-12)16-15(19)13(10-17(2)3)11-18(4)5/h6-9,13H,10-11H2,1-5H3,(H,16,19). The lowest BCUT2D eigenvalue weighted by molar-refractivity contribution is -0.120. The zero-order valence-corrected chi connectivity index (χ0v) is 12.6. The average molecular weight is 263 g/mol. The minimum atomic E-state index is -0.0358. The summed E-state index contributed by atoms with van der Waals surface area (Å²) in [7, 11) is 7.95. The van der Waals surface area contributed by atoms with E-state index in [9.17, 15) is 4.79 Å². The molecule has 0 atom stereocenters. The summed E-state index contributed by atoms with van der Waals surface area (Å²) in [6.07, 6.45) is 0. The first-order valence-corrected chi connectivity index (χ1v) is 6.55. The van der Waals surface area contributed by atoms with Gasteiger partial charge in [0.25, 0.3) is 0 Å². The number of carbonyl (C=O) groups is 1. The Morgan fingerprint density at radius 1 is 1.05 bits per heavy atom. The molecule has 1 aromatic carbocycles. The van der Waals surface area contributed by atoms with E-state index in [0.717, 1.165) is 18.8 Å². The second kappa shape index (κ2) is 7.26. The Kier molecular flexibility index (Phi) is 5.99. The maximum absolute atomic E-state index is 12.3. The van der Waals surface area contributed by atoms with E-state index in [-0.39, 0.29) is 11.8 Å². The summed E-state index contributed by atoms with van der Waals surface area (Å²) >= 11 is 0. The van der Waals surface area contributed by atoms with Crippen molar-refractivity contribution in [2.45, 2.75) is 6.92 Å². The van der Waals surface area contributed by atoms with Crippen molar-refractivity contribution < 1.29 is 4.79 Å². The van der Waals surface area contributed by atoms with E-state index in [2.05, 4.69) is 5.32 Å². The number of nitrogens with zero attached hydrogens (tertiary/aromatic N) is 2. The summed E-state index contributed by atoms with van der Waals surface area (Å²) in [5, 5.41) is 2.99. The first-order valence-electron chi connectivity index (χ1n) is 6.55. The summed E-state index contributed by atoms with van der Waals surface area (Å²) < 4.78 is 0. The van der Waals surface area contributed by atoms with Crippen molar-refractivity contribution in [3.05, 3.63) is 29.8 Å². The molecule has 0 spiro atoms. The average Bonchev–Trinajstić information content (AvgIpc) is 2.30. The van der Waals surface area contributed by atoms with Crippen LogP contribution in [0.2, 0.25) is 0 Å². The molecule has 1 rings (SSSR count). The zero-order chi connectivity index (χ0) is 14.4. The molecule has 1 amide bonds. The topological polar surface area (TPSA) is 35.6 Å². The Labute approximate surface area is 116 Å². The molecule has 0 aromatic heterocycles. The summed E-state index contributed by atoms with van der Waals surface area (Å²) in [5.74, 6) is 0.0394. The maximum Gasteiger partial charge on any atom is 0.230 e. The number of aryl methyl sites for hydroxylation is 1. The molecule has 0 unspecified atom stereocenters. The molecule has 4 nitrogen and oxygen atoms in total. The van der Waals surface area contributed by atoms with Crippen molar-refractivity contribution in [1.82, 2.24) is 9.80 Å². The molecule has 19 heavy (non-hydrogen) atoms. The van der Waals surface area contributed by atoms with Crippen LogP contribution in [0.3, 0.4) is 0 Å². The third kappa shape index (κ3) is 5.85. The van der Waals surface area contributed by atoms with E-state index in [0.29, 0.717) is 0 Å². The predicted octanol–water partition coefficient (Wildman–Crippen LogP) is 1.67. The molecule has 0 aliphatic carbocycles. The van der Waals surface area contributed by atoms with Gasteiger partial charge in [0.15, 0.2) is 0 Å². The van der Waals surface area contributed by atoms with Gasteiger partial charge in [0, 0.05) is 18.8 Å². The van der Waals surface area contributed by atoms with E-state index in [1.165, 1.54) is 5.56 Å². The molecule has 0 radical (unpaired) electrons.